The molecule has 2 amide bonds. The molecule has 0 aromatic heterocycles. The summed E-state index contributed by atoms with van der Waals surface area (Å²) in [6, 6.07) is 8.23. The van der Waals surface area contributed by atoms with Gasteiger partial charge in [-0.05, 0) is 37.1 Å². The number of hydrogen-bond donors (Lipinski definition) is 2. The molecule has 31 heavy (non-hydrogen) atoms. The Hall–Kier alpha value is -1.99. The van der Waals surface area contributed by atoms with Crippen molar-refractivity contribution >= 4 is 69.9 Å². The number of hydrogen-bond acceptors (Lipinski definition) is 4. The van der Waals surface area contributed by atoms with Crippen LogP contribution in [-0.4, -0.2) is 29.9 Å². The highest BCUT2D eigenvalue weighted by Crippen LogP contribution is 2.32. The van der Waals surface area contributed by atoms with Crippen LogP contribution in [0.4, 0.5) is 5.69 Å². The van der Waals surface area contributed by atoms with E-state index >= 15 is 0 Å². The van der Waals surface area contributed by atoms with Crippen molar-refractivity contribution in [2.24, 2.45) is 5.92 Å². The van der Waals surface area contributed by atoms with Gasteiger partial charge in [0.15, 0.2) is 6.10 Å². The lowest BCUT2D eigenvalue weighted by molar-refractivity contribution is -0.156. The van der Waals surface area contributed by atoms with Crippen molar-refractivity contribution in [1.82, 2.24) is 5.32 Å². The summed E-state index contributed by atoms with van der Waals surface area (Å²) in [5, 5.41) is 6.00. The molecule has 10 heteroatoms. The molecule has 0 saturated heterocycles. The minimum atomic E-state index is -1.17. The minimum Gasteiger partial charge on any atom is -0.451 e. The standard InChI is InChI=1S/C21H20Cl4N2O4/c1-10(2)18(27-20(29)12-6-4-5-7-13(12)22)21(30)31-11(3)19(28)26-17-9-15(24)14(23)8-16(17)25/h4-11,18H,1-3H3,(H,26,28)(H,27,29)/t11-,18+/m0/s1. The molecule has 166 valence electrons. The van der Waals surface area contributed by atoms with E-state index in [0.717, 1.165) is 0 Å². The van der Waals surface area contributed by atoms with Crippen LogP contribution in [0.3, 0.4) is 0 Å². The zero-order chi connectivity index (χ0) is 23.3. The first-order valence-corrected chi connectivity index (χ1v) is 10.7. The fourth-order valence-corrected chi connectivity index (χ4v) is 3.33. The van der Waals surface area contributed by atoms with Gasteiger partial charge >= 0.3 is 5.97 Å². The summed E-state index contributed by atoms with van der Waals surface area (Å²) in [5.74, 6) is -2.23. The van der Waals surface area contributed by atoms with Gasteiger partial charge in [-0.15, -0.1) is 0 Å². The number of esters is 1. The van der Waals surface area contributed by atoms with Crippen LogP contribution < -0.4 is 10.6 Å². The van der Waals surface area contributed by atoms with E-state index in [1.807, 2.05) is 0 Å². The molecular weight excluding hydrogens is 486 g/mol. The second-order valence-electron chi connectivity index (χ2n) is 6.99. The van der Waals surface area contributed by atoms with Gasteiger partial charge in [0.25, 0.3) is 11.8 Å². The zero-order valence-corrected chi connectivity index (χ0v) is 19.9. The van der Waals surface area contributed by atoms with Crippen LogP contribution in [0.2, 0.25) is 20.1 Å². The molecule has 2 N–H and O–H groups in total. The molecule has 0 aliphatic carbocycles. The lowest BCUT2D eigenvalue weighted by atomic mass is 10.0. The second-order valence-corrected chi connectivity index (χ2v) is 8.62. The summed E-state index contributed by atoms with van der Waals surface area (Å²) in [6.07, 6.45) is -1.17. The Kier molecular flexibility index (Phi) is 9.01. The van der Waals surface area contributed by atoms with E-state index in [0.29, 0.717) is 0 Å². The van der Waals surface area contributed by atoms with E-state index in [2.05, 4.69) is 10.6 Å². The summed E-state index contributed by atoms with van der Waals surface area (Å²) >= 11 is 23.9. The number of anilines is 1. The predicted octanol–water partition coefficient (Wildman–Crippen LogP) is 5.63. The lowest BCUT2D eigenvalue weighted by Gasteiger charge is -2.23. The van der Waals surface area contributed by atoms with Gasteiger partial charge < -0.3 is 15.4 Å². The molecular formula is C21H20Cl4N2O4. The van der Waals surface area contributed by atoms with Crippen LogP contribution >= 0.6 is 46.4 Å². The van der Waals surface area contributed by atoms with Crippen LogP contribution in [0.1, 0.15) is 31.1 Å². The highest BCUT2D eigenvalue weighted by Gasteiger charge is 2.30. The number of amides is 2. The SMILES string of the molecule is CC(C)[C@@H](NC(=O)c1ccccc1Cl)C(=O)O[C@@H](C)C(=O)Nc1cc(Cl)c(Cl)cc1Cl. The molecule has 0 aliphatic rings. The zero-order valence-electron chi connectivity index (χ0n) is 16.8. The number of rotatable bonds is 7. The molecule has 0 radical (unpaired) electrons. The third-order valence-corrected chi connectivity index (χ3v) is 5.62. The van der Waals surface area contributed by atoms with Crippen LogP contribution in [-0.2, 0) is 14.3 Å². The summed E-state index contributed by atoms with van der Waals surface area (Å²) in [4.78, 5) is 37.6. The predicted molar refractivity (Wildman–Crippen MR) is 123 cm³/mol. The van der Waals surface area contributed by atoms with Gasteiger partial charge in [0.2, 0.25) is 0 Å². The Morgan fingerprint density at radius 1 is 0.871 bits per heavy atom. The number of carbonyl (C=O) groups is 3. The van der Waals surface area contributed by atoms with Gasteiger partial charge in [0.05, 0.1) is 31.3 Å². The summed E-state index contributed by atoms with van der Waals surface area (Å²) < 4.78 is 5.27. The third kappa shape index (κ3) is 6.74. The molecule has 0 heterocycles. The molecule has 0 bridgehead atoms. The van der Waals surface area contributed by atoms with Crippen molar-refractivity contribution in [2.75, 3.05) is 5.32 Å². The van der Waals surface area contributed by atoms with Gasteiger partial charge in [0.1, 0.15) is 6.04 Å². The summed E-state index contributed by atoms with van der Waals surface area (Å²) in [6.45, 7) is 4.87. The number of ether oxygens (including phenoxy) is 1. The van der Waals surface area contributed by atoms with E-state index in [4.69, 9.17) is 51.1 Å². The molecule has 0 aliphatic heterocycles. The van der Waals surface area contributed by atoms with Crippen molar-refractivity contribution in [3.63, 3.8) is 0 Å². The number of benzene rings is 2. The first-order valence-electron chi connectivity index (χ1n) is 9.22. The largest absolute Gasteiger partial charge is 0.451 e. The van der Waals surface area contributed by atoms with Gasteiger partial charge in [-0.3, -0.25) is 9.59 Å². The Bertz CT molecular complexity index is 997. The van der Waals surface area contributed by atoms with Crippen molar-refractivity contribution in [3.8, 4) is 0 Å². The maximum absolute atomic E-state index is 12.7. The third-order valence-electron chi connectivity index (χ3n) is 4.26. The van der Waals surface area contributed by atoms with E-state index in [1.165, 1.54) is 25.1 Å². The normalized spacial score (nSPS) is 12.8. The monoisotopic (exact) mass is 504 g/mol. The second kappa shape index (κ2) is 11.0. The lowest BCUT2D eigenvalue weighted by Crippen LogP contribution is -2.47. The topological polar surface area (TPSA) is 84.5 Å². The van der Waals surface area contributed by atoms with Crippen LogP contribution in [0, 0.1) is 5.92 Å². The van der Waals surface area contributed by atoms with Gasteiger partial charge in [0, 0.05) is 0 Å². The average molecular weight is 506 g/mol. The highest BCUT2D eigenvalue weighted by atomic mass is 35.5. The van der Waals surface area contributed by atoms with E-state index < -0.39 is 29.9 Å². The fourth-order valence-electron chi connectivity index (χ4n) is 2.52. The number of nitrogens with one attached hydrogen (secondary N) is 2. The van der Waals surface area contributed by atoms with E-state index in [9.17, 15) is 14.4 Å². The summed E-state index contributed by atoms with van der Waals surface area (Å²) in [5.41, 5.74) is 0.444. The average Bonchev–Trinajstić information content (AvgIpc) is 2.69. The molecule has 2 atom stereocenters. The van der Waals surface area contributed by atoms with Crippen LogP contribution in [0.25, 0.3) is 0 Å². The maximum Gasteiger partial charge on any atom is 0.329 e. The van der Waals surface area contributed by atoms with Gasteiger partial charge in [-0.25, -0.2) is 4.79 Å². The minimum absolute atomic E-state index is 0.174. The molecule has 0 spiro atoms. The Morgan fingerprint density at radius 3 is 2.10 bits per heavy atom. The maximum atomic E-state index is 12.7. The quantitative estimate of drug-likeness (QED) is 0.377. The summed E-state index contributed by atoms with van der Waals surface area (Å²) in [7, 11) is 0. The van der Waals surface area contributed by atoms with Crippen molar-refractivity contribution in [1.29, 1.82) is 0 Å². The molecule has 2 rings (SSSR count). The number of halogens is 4. The van der Waals surface area contributed by atoms with E-state index in [1.54, 1.807) is 32.0 Å². The van der Waals surface area contributed by atoms with E-state index in [-0.39, 0.29) is 37.3 Å². The fraction of sp³-hybridized carbons (Fsp3) is 0.286. The van der Waals surface area contributed by atoms with Crippen LogP contribution in [0.15, 0.2) is 36.4 Å². The van der Waals surface area contributed by atoms with Crippen molar-refractivity contribution in [2.45, 2.75) is 32.9 Å². The number of carbonyl (C=O) groups excluding carboxylic acids is 3. The first-order chi connectivity index (χ1) is 14.5. The van der Waals surface area contributed by atoms with Gasteiger partial charge in [-0.2, -0.15) is 0 Å². The van der Waals surface area contributed by atoms with Crippen LogP contribution in [0.5, 0.6) is 0 Å². The molecule has 2 aromatic carbocycles. The smallest absolute Gasteiger partial charge is 0.329 e. The highest BCUT2D eigenvalue weighted by molar-refractivity contribution is 6.44. The Balaban J connectivity index is 2.06. The Labute approximate surface area is 200 Å². The van der Waals surface area contributed by atoms with Crippen molar-refractivity contribution < 1.29 is 19.1 Å². The molecule has 0 fully saturated rings. The van der Waals surface area contributed by atoms with Crippen molar-refractivity contribution in [3.05, 3.63) is 62.1 Å². The molecule has 0 saturated carbocycles. The molecule has 2 aromatic rings. The molecule has 6 nitrogen and oxygen atoms in total. The van der Waals surface area contributed by atoms with Gasteiger partial charge in [-0.1, -0.05) is 72.4 Å². The molecule has 0 unspecified atom stereocenters. The first kappa shape index (κ1) is 25.3. The Morgan fingerprint density at radius 2 is 1.48 bits per heavy atom.